The minimum atomic E-state index is -0.822. The van der Waals surface area contributed by atoms with Crippen LogP contribution in [0.5, 0.6) is 0 Å². The lowest BCUT2D eigenvalue weighted by atomic mass is 10.0. The van der Waals surface area contributed by atoms with Gasteiger partial charge >= 0.3 is 11.9 Å². The van der Waals surface area contributed by atoms with E-state index in [0.29, 0.717) is 43.2 Å². The molecule has 1 fully saturated rings. The van der Waals surface area contributed by atoms with E-state index in [0.717, 1.165) is 0 Å². The van der Waals surface area contributed by atoms with Crippen LogP contribution in [0.3, 0.4) is 0 Å². The lowest BCUT2D eigenvalue weighted by Gasteiger charge is -2.30. The second-order valence-corrected chi connectivity index (χ2v) is 7.36. The molecular formula is C23H22N4O7. The summed E-state index contributed by atoms with van der Waals surface area (Å²) in [5.74, 6) is -1.63. The van der Waals surface area contributed by atoms with Crippen molar-refractivity contribution in [3.05, 3.63) is 69.9 Å². The number of non-ortho nitro benzene ring substituents is 1. The average Bonchev–Trinajstić information content (AvgIpc) is 3.29. The molecule has 176 valence electrons. The highest BCUT2D eigenvalue weighted by atomic mass is 16.6. The summed E-state index contributed by atoms with van der Waals surface area (Å²) in [5.41, 5.74) is 1.03. The zero-order chi connectivity index (χ0) is 24.2. The predicted molar refractivity (Wildman–Crippen MR) is 121 cm³/mol. The van der Waals surface area contributed by atoms with Crippen molar-refractivity contribution in [1.29, 1.82) is 0 Å². The van der Waals surface area contributed by atoms with Gasteiger partial charge in [0.15, 0.2) is 5.69 Å². The van der Waals surface area contributed by atoms with Crippen molar-refractivity contribution in [3.63, 3.8) is 0 Å². The zero-order valence-corrected chi connectivity index (χ0v) is 18.6. The standard InChI is InChI=1S/C23H22N4O7/c1-32-22(28)19-20(24-26(21(19)23(29)33-2)15-6-4-3-5-7-15)17-14-16(27(30)31)8-9-18(17)25-10-12-34-13-11-25/h3-9,14H,10-13H2,1-2H3. The number of carbonyl (C=O) groups excluding carboxylic acids is 2. The molecule has 0 amide bonds. The first-order chi connectivity index (χ1) is 16.5. The third-order valence-corrected chi connectivity index (χ3v) is 5.45. The predicted octanol–water partition coefficient (Wildman–Crippen LogP) is 2.86. The maximum absolute atomic E-state index is 12.9. The molecule has 0 saturated carbocycles. The number of para-hydroxylation sites is 1. The second-order valence-electron chi connectivity index (χ2n) is 7.36. The van der Waals surface area contributed by atoms with Crippen LogP contribution in [0.25, 0.3) is 16.9 Å². The average molecular weight is 466 g/mol. The Hall–Kier alpha value is -4.25. The summed E-state index contributed by atoms with van der Waals surface area (Å²) < 4.78 is 16.6. The maximum atomic E-state index is 12.9. The zero-order valence-electron chi connectivity index (χ0n) is 18.6. The number of ether oxygens (including phenoxy) is 3. The summed E-state index contributed by atoms with van der Waals surface area (Å²) in [6, 6.07) is 13.1. The molecule has 1 aromatic heterocycles. The Morgan fingerprint density at radius 2 is 1.71 bits per heavy atom. The van der Waals surface area contributed by atoms with Crippen LogP contribution in [-0.2, 0) is 14.2 Å². The summed E-state index contributed by atoms with van der Waals surface area (Å²) in [6.07, 6.45) is 0. The maximum Gasteiger partial charge on any atom is 0.357 e. The van der Waals surface area contributed by atoms with E-state index in [2.05, 4.69) is 5.10 Å². The van der Waals surface area contributed by atoms with Crippen molar-refractivity contribution in [2.45, 2.75) is 0 Å². The van der Waals surface area contributed by atoms with E-state index in [4.69, 9.17) is 14.2 Å². The number of aromatic nitrogens is 2. The fourth-order valence-electron chi connectivity index (χ4n) is 3.85. The van der Waals surface area contributed by atoms with Crippen LogP contribution < -0.4 is 4.90 Å². The van der Waals surface area contributed by atoms with Crippen molar-refractivity contribution in [1.82, 2.24) is 9.78 Å². The van der Waals surface area contributed by atoms with Crippen LogP contribution in [-0.4, -0.2) is 67.2 Å². The lowest BCUT2D eigenvalue weighted by Crippen LogP contribution is -2.36. The summed E-state index contributed by atoms with van der Waals surface area (Å²) >= 11 is 0. The monoisotopic (exact) mass is 466 g/mol. The van der Waals surface area contributed by atoms with Gasteiger partial charge in [0.05, 0.1) is 38.0 Å². The molecule has 0 spiro atoms. The van der Waals surface area contributed by atoms with E-state index in [1.807, 2.05) is 4.90 Å². The first-order valence-corrected chi connectivity index (χ1v) is 10.4. The van der Waals surface area contributed by atoms with Gasteiger partial charge in [0.25, 0.3) is 5.69 Å². The van der Waals surface area contributed by atoms with Crippen LogP contribution in [0.1, 0.15) is 20.8 Å². The van der Waals surface area contributed by atoms with E-state index < -0.39 is 16.9 Å². The quantitative estimate of drug-likeness (QED) is 0.306. The number of esters is 2. The highest BCUT2D eigenvalue weighted by Crippen LogP contribution is 2.38. The van der Waals surface area contributed by atoms with Crippen LogP contribution in [0.4, 0.5) is 11.4 Å². The topological polar surface area (TPSA) is 126 Å². The highest BCUT2D eigenvalue weighted by molar-refractivity contribution is 6.07. The number of nitro groups is 1. The molecule has 3 aromatic rings. The Morgan fingerprint density at radius 1 is 1.03 bits per heavy atom. The van der Waals surface area contributed by atoms with Crippen molar-refractivity contribution in [2.75, 3.05) is 45.4 Å². The minimum absolute atomic E-state index is 0.0706. The van der Waals surface area contributed by atoms with E-state index in [-0.39, 0.29) is 22.6 Å². The van der Waals surface area contributed by atoms with Crippen LogP contribution in [0, 0.1) is 10.1 Å². The molecule has 2 heterocycles. The van der Waals surface area contributed by atoms with E-state index in [1.165, 1.54) is 31.0 Å². The van der Waals surface area contributed by atoms with Gasteiger partial charge < -0.3 is 19.1 Å². The first kappa shape index (κ1) is 22.9. The third kappa shape index (κ3) is 4.20. The van der Waals surface area contributed by atoms with Gasteiger partial charge in [-0.25, -0.2) is 14.3 Å². The van der Waals surface area contributed by atoms with Gasteiger partial charge in [-0.2, -0.15) is 5.10 Å². The Kier molecular flexibility index (Phi) is 6.55. The van der Waals surface area contributed by atoms with Crippen molar-refractivity contribution >= 4 is 23.3 Å². The minimum Gasteiger partial charge on any atom is -0.465 e. The van der Waals surface area contributed by atoms with Crippen LogP contribution >= 0.6 is 0 Å². The van der Waals surface area contributed by atoms with Gasteiger partial charge in [-0.05, 0) is 18.2 Å². The molecule has 1 aliphatic rings. The Morgan fingerprint density at radius 3 is 2.32 bits per heavy atom. The summed E-state index contributed by atoms with van der Waals surface area (Å²) in [4.78, 5) is 38.8. The molecule has 0 atom stereocenters. The van der Waals surface area contributed by atoms with Crippen molar-refractivity contribution < 1.29 is 28.7 Å². The van der Waals surface area contributed by atoms with Crippen molar-refractivity contribution in [2.24, 2.45) is 0 Å². The van der Waals surface area contributed by atoms with Gasteiger partial charge in [-0.1, -0.05) is 18.2 Å². The number of hydrogen-bond donors (Lipinski definition) is 0. The summed E-state index contributed by atoms with van der Waals surface area (Å²) in [7, 11) is 2.38. The Labute approximate surface area is 194 Å². The number of benzene rings is 2. The van der Waals surface area contributed by atoms with Gasteiger partial charge in [0, 0.05) is 36.5 Å². The van der Waals surface area contributed by atoms with Crippen LogP contribution in [0.15, 0.2) is 48.5 Å². The molecule has 0 radical (unpaired) electrons. The number of nitrogens with zero attached hydrogens (tertiary/aromatic N) is 4. The van der Waals surface area contributed by atoms with E-state index in [9.17, 15) is 19.7 Å². The second kappa shape index (κ2) is 9.71. The molecule has 11 nitrogen and oxygen atoms in total. The molecule has 0 N–H and O–H groups in total. The molecule has 0 bridgehead atoms. The highest BCUT2D eigenvalue weighted by Gasteiger charge is 2.33. The van der Waals surface area contributed by atoms with Gasteiger partial charge in [-0.3, -0.25) is 10.1 Å². The molecule has 2 aromatic carbocycles. The number of anilines is 1. The van der Waals surface area contributed by atoms with Crippen LogP contribution in [0.2, 0.25) is 0 Å². The van der Waals surface area contributed by atoms with E-state index in [1.54, 1.807) is 36.4 Å². The molecule has 0 unspecified atom stereocenters. The molecule has 34 heavy (non-hydrogen) atoms. The third-order valence-electron chi connectivity index (χ3n) is 5.45. The molecular weight excluding hydrogens is 444 g/mol. The number of methoxy groups -OCH3 is 2. The fraction of sp³-hybridized carbons (Fsp3) is 0.261. The Balaban J connectivity index is 2.05. The van der Waals surface area contributed by atoms with Gasteiger partial charge in [-0.15, -0.1) is 0 Å². The molecule has 4 rings (SSSR count). The SMILES string of the molecule is COC(=O)c1c(-c2cc([N+](=O)[O-])ccc2N2CCOCC2)nn(-c2ccccc2)c1C(=O)OC. The lowest BCUT2D eigenvalue weighted by molar-refractivity contribution is -0.384. The molecule has 1 saturated heterocycles. The fourth-order valence-corrected chi connectivity index (χ4v) is 3.85. The smallest absolute Gasteiger partial charge is 0.357 e. The number of hydrogen-bond acceptors (Lipinski definition) is 9. The van der Waals surface area contributed by atoms with Gasteiger partial charge in [0.2, 0.25) is 0 Å². The summed E-state index contributed by atoms with van der Waals surface area (Å²) in [5, 5.41) is 16.2. The van der Waals surface area contributed by atoms with Gasteiger partial charge in [0.1, 0.15) is 11.3 Å². The normalized spacial score (nSPS) is 13.4. The largest absolute Gasteiger partial charge is 0.465 e. The summed E-state index contributed by atoms with van der Waals surface area (Å²) in [6.45, 7) is 2.04. The number of rotatable bonds is 6. The number of carbonyl (C=O) groups is 2. The molecule has 11 heteroatoms. The molecule has 0 aliphatic carbocycles. The number of nitro benzene ring substituents is 1. The Bertz CT molecular complexity index is 1230. The van der Waals surface area contributed by atoms with E-state index >= 15 is 0 Å². The number of morpholine rings is 1. The molecule has 1 aliphatic heterocycles. The van der Waals surface area contributed by atoms with Crippen molar-refractivity contribution in [3.8, 4) is 16.9 Å². The first-order valence-electron chi connectivity index (χ1n) is 10.4.